The largest absolute Gasteiger partial charge is 0.337 e. The molecular weight excluding hydrogens is 306 g/mol. The van der Waals surface area contributed by atoms with Crippen LogP contribution in [0.4, 0.5) is 8.78 Å². The zero-order valence-corrected chi connectivity index (χ0v) is 11.2. The molecule has 0 spiro atoms. The molecule has 0 aromatic heterocycles. The van der Waals surface area contributed by atoms with Gasteiger partial charge >= 0.3 is 0 Å². The minimum atomic E-state index is -1.03. The number of benzene rings is 1. The molecule has 1 amide bonds. The summed E-state index contributed by atoms with van der Waals surface area (Å²) in [4.78, 5) is 13.8. The second kappa shape index (κ2) is 5.32. The molecule has 2 N–H and O–H groups in total. The quantitative estimate of drug-likeness (QED) is 0.808. The van der Waals surface area contributed by atoms with E-state index in [1.54, 1.807) is 4.90 Å². The van der Waals surface area contributed by atoms with Crippen LogP contribution in [0.2, 0.25) is 0 Å². The molecule has 0 radical (unpaired) electrons. The van der Waals surface area contributed by atoms with Gasteiger partial charge in [-0.2, -0.15) is 0 Å². The molecule has 1 aromatic carbocycles. The number of hydrogen-bond donors (Lipinski definition) is 1. The summed E-state index contributed by atoms with van der Waals surface area (Å²) in [7, 11) is 0. The predicted octanol–water partition coefficient (Wildman–Crippen LogP) is 2.29. The second-order valence-corrected chi connectivity index (χ2v) is 5.25. The smallest absolute Gasteiger partial charge is 0.255 e. The van der Waals surface area contributed by atoms with Crippen molar-refractivity contribution in [1.29, 1.82) is 0 Å². The Morgan fingerprint density at radius 3 is 2.72 bits per heavy atom. The average molecular weight is 319 g/mol. The Labute approximate surface area is 112 Å². The van der Waals surface area contributed by atoms with Gasteiger partial charge in [-0.1, -0.05) is 0 Å². The molecule has 3 nitrogen and oxygen atoms in total. The minimum Gasteiger partial charge on any atom is -0.337 e. The van der Waals surface area contributed by atoms with E-state index >= 15 is 0 Å². The Bertz CT molecular complexity index is 481. The summed E-state index contributed by atoms with van der Waals surface area (Å²) in [6, 6.07) is 1.83. The summed E-state index contributed by atoms with van der Waals surface area (Å²) < 4.78 is 26.4. The standard InChI is InChI=1S/C12H13BrF2N2O/c13-9-5-11(15)10(14)4-8(9)12(18)17-3-1-2-7(16)6-17/h4-5,7H,1-3,6,16H2. The number of carbonyl (C=O) groups excluding carboxylic acids is 1. The Morgan fingerprint density at radius 1 is 1.39 bits per heavy atom. The zero-order chi connectivity index (χ0) is 13.3. The van der Waals surface area contributed by atoms with Crippen molar-refractivity contribution in [3.63, 3.8) is 0 Å². The fourth-order valence-corrected chi connectivity index (χ4v) is 2.54. The van der Waals surface area contributed by atoms with Crippen LogP contribution in [0.15, 0.2) is 16.6 Å². The number of piperidine rings is 1. The van der Waals surface area contributed by atoms with E-state index in [2.05, 4.69) is 15.9 Å². The molecule has 1 unspecified atom stereocenters. The van der Waals surface area contributed by atoms with Gasteiger partial charge in [-0.05, 0) is 40.9 Å². The van der Waals surface area contributed by atoms with Crippen LogP contribution in [0.3, 0.4) is 0 Å². The van der Waals surface area contributed by atoms with Crippen molar-refractivity contribution in [2.75, 3.05) is 13.1 Å². The van der Waals surface area contributed by atoms with Gasteiger partial charge in [-0.3, -0.25) is 4.79 Å². The Balaban J connectivity index is 2.25. The van der Waals surface area contributed by atoms with E-state index < -0.39 is 11.6 Å². The van der Waals surface area contributed by atoms with Crippen molar-refractivity contribution in [3.8, 4) is 0 Å². The van der Waals surface area contributed by atoms with E-state index in [0.717, 1.165) is 25.0 Å². The zero-order valence-electron chi connectivity index (χ0n) is 9.63. The molecule has 0 saturated carbocycles. The number of nitrogens with zero attached hydrogens (tertiary/aromatic N) is 1. The van der Waals surface area contributed by atoms with E-state index in [1.807, 2.05) is 0 Å². The molecule has 0 bridgehead atoms. The van der Waals surface area contributed by atoms with Crippen molar-refractivity contribution in [1.82, 2.24) is 4.90 Å². The van der Waals surface area contributed by atoms with Crippen molar-refractivity contribution in [2.24, 2.45) is 5.73 Å². The maximum Gasteiger partial charge on any atom is 0.255 e. The molecule has 6 heteroatoms. The fraction of sp³-hybridized carbons (Fsp3) is 0.417. The predicted molar refractivity (Wildman–Crippen MR) is 67.2 cm³/mol. The normalized spacial score (nSPS) is 20.0. The lowest BCUT2D eigenvalue weighted by molar-refractivity contribution is 0.0707. The van der Waals surface area contributed by atoms with Crippen molar-refractivity contribution >= 4 is 21.8 Å². The van der Waals surface area contributed by atoms with Gasteiger partial charge in [0.05, 0.1) is 5.56 Å². The molecule has 0 aliphatic carbocycles. The molecule has 1 saturated heterocycles. The van der Waals surface area contributed by atoms with Crippen LogP contribution >= 0.6 is 15.9 Å². The van der Waals surface area contributed by atoms with Gasteiger partial charge in [0.15, 0.2) is 11.6 Å². The Hall–Kier alpha value is -1.01. The van der Waals surface area contributed by atoms with Gasteiger partial charge in [0.1, 0.15) is 0 Å². The van der Waals surface area contributed by atoms with Crippen LogP contribution in [0, 0.1) is 11.6 Å². The van der Waals surface area contributed by atoms with E-state index in [-0.39, 0.29) is 22.0 Å². The first-order chi connectivity index (χ1) is 8.49. The lowest BCUT2D eigenvalue weighted by Gasteiger charge is -2.31. The average Bonchev–Trinajstić information content (AvgIpc) is 2.33. The lowest BCUT2D eigenvalue weighted by Crippen LogP contribution is -2.45. The van der Waals surface area contributed by atoms with E-state index in [9.17, 15) is 13.6 Å². The van der Waals surface area contributed by atoms with Gasteiger partial charge < -0.3 is 10.6 Å². The third-order valence-electron chi connectivity index (χ3n) is 2.99. The minimum absolute atomic E-state index is 0.0493. The molecule has 18 heavy (non-hydrogen) atoms. The summed E-state index contributed by atoms with van der Waals surface area (Å²) in [6.45, 7) is 1.04. The SMILES string of the molecule is NC1CCCN(C(=O)c2cc(F)c(F)cc2Br)C1. The number of likely N-dealkylation sites (tertiary alicyclic amines) is 1. The molecule has 1 fully saturated rings. The highest BCUT2D eigenvalue weighted by Gasteiger charge is 2.24. The van der Waals surface area contributed by atoms with Crippen LogP contribution in [-0.2, 0) is 0 Å². The van der Waals surface area contributed by atoms with E-state index in [1.165, 1.54) is 0 Å². The number of amides is 1. The van der Waals surface area contributed by atoms with E-state index in [4.69, 9.17) is 5.73 Å². The molecule has 1 atom stereocenters. The lowest BCUT2D eigenvalue weighted by atomic mass is 10.1. The summed E-state index contributed by atoms with van der Waals surface area (Å²) in [5.41, 5.74) is 5.92. The highest BCUT2D eigenvalue weighted by atomic mass is 79.9. The van der Waals surface area contributed by atoms with Crippen molar-refractivity contribution < 1.29 is 13.6 Å². The Kier molecular flexibility index (Phi) is 3.97. The monoisotopic (exact) mass is 318 g/mol. The molecule has 98 valence electrons. The summed E-state index contributed by atoms with van der Waals surface area (Å²) in [6.07, 6.45) is 1.71. The maximum atomic E-state index is 13.2. The van der Waals surface area contributed by atoms with Crippen LogP contribution in [0.5, 0.6) is 0 Å². The third kappa shape index (κ3) is 2.70. The molecule has 1 aliphatic rings. The molecule has 1 aromatic rings. The molecule has 1 heterocycles. The van der Waals surface area contributed by atoms with Gasteiger partial charge in [0, 0.05) is 23.6 Å². The van der Waals surface area contributed by atoms with Crippen LogP contribution < -0.4 is 5.73 Å². The van der Waals surface area contributed by atoms with Crippen LogP contribution in [0.25, 0.3) is 0 Å². The van der Waals surface area contributed by atoms with E-state index in [0.29, 0.717) is 13.1 Å². The number of rotatable bonds is 1. The number of hydrogen-bond acceptors (Lipinski definition) is 2. The summed E-state index contributed by atoms with van der Waals surface area (Å²) in [5, 5.41) is 0. The first kappa shape index (κ1) is 13.4. The van der Waals surface area contributed by atoms with Gasteiger partial charge in [-0.25, -0.2) is 8.78 Å². The highest BCUT2D eigenvalue weighted by molar-refractivity contribution is 9.10. The first-order valence-corrected chi connectivity index (χ1v) is 6.47. The number of carbonyl (C=O) groups is 1. The summed E-state index contributed by atoms with van der Waals surface area (Å²) >= 11 is 3.08. The summed E-state index contributed by atoms with van der Waals surface area (Å²) in [5.74, 6) is -2.33. The third-order valence-corrected chi connectivity index (χ3v) is 3.64. The second-order valence-electron chi connectivity index (χ2n) is 4.40. The van der Waals surface area contributed by atoms with Gasteiger partial charge in [-0.15, -0.1) is 0 Å². The van der Waals surface area contributed by atoms with Gasteiger partial charge in [0.25, 0.3) is 5.91 Å². The first-order valence-electron chi connectivity index (χ1n) is 5.68. The van der Waals surface area contributed by atoms with Crippen LogP contribution in [0.1, 0.15) is 23.2 Å². The van der Waals surface area contributed by atoms with Crippen molar-refractivity contribution in [3.05, 3.63) is 33.8 Å². The topological polar surface area (TPSA) is 46.3 Å². The Morgan fingerprint density at radius 2 is 2.06 bits per heavy atom. The molecular formula is C12H13BrF2N2O. The molecule has 1 aliphatic heterocycles. The molecule has 2 rings (SSSR count). The fourth-order valence-electron chi connectivity index (χ4n) is 2.05. The van der Waals surface area contributed by atoms with Crippen molar-refractivity contribution in [2.45, 2.75) is 18.9 Å². The highest BCUT2D eigenvalue weighted by Crippen LogP contribution is 2.23. The number of nitrogens with two attached hydrogens (primary N) is 1. The van der Waals surface area contributed by atoms with Crippen LogP contribution in [-0.4, -0.2) is 29.9 Å². The number of halogens is 3. The maximum absolute atomic E-state index is 13.2. The van der Waals surface area contributed by atoms with Gasteiger partial charge in [0.2, 0.25) is 0 Å².